The van der Waals surface area contributed by atoms with E-state index in [2.05, 4.69) is 19.2 Å². The Kier molecular flexibility index (Phi) is 4.62. The molecule has 2 aliphatic rings. The first kappa shape index (κ1) is 12.3. The van der Waals surface area contributed by atoms with Crippen LogP contribution in [0.15, 0.2) is 0 Å². The Hall–Kier alpha value is -0.120. The molecular formula is C13H25NO2. The first-order valence-corrected chi connectivity index (χ1v) is 6.74. The molecule has 0 saturated carbocycles. The highest BCUT2D eigenvalue weighted by Crippen LogP contribution is 2.23. The molecule has 2 rings (SSSR count). The SMILES string of the molecule is CCC1OCCC1CNC(C)C1CCOC1. The topological polar surface area (TPSA) is 30.5 Å². The molecule has 3 heteroatoms. The maximum absolute atomic E-state index is 5.71. The summed E-state index contributed by atoms with van der Waals surface area (Å²) >= 11 is 0. The van der Waals surface area contributed by atoms with Crippen molar-refractivity contribution in [2.45, 2.75) is 45.3 Å². The molecule has 0 aromatic carbocycles. The molecular weight excluding hydrogens is 202 g/mol. The van der Waals surface area contributed by atoms with Crippen LogP contribution < -0.4 is 5.32 Å². The Bertz CT molecular complexity index is 204. The Morgan fingerprint density at radius 2 is 2.19 bits per heavy atom. The molecule has 0 spiro atoms. The second-order valence-corrected chi connectivity index (χ2v) is 5.19. The van der Waals surface area contributed by atoms with Crippen molar-refractivity contribution in [2.24, 2.45) is 11.8 Å². The Balaban J connectivity index is 1.69. The van der Waals surface area contributed by atoms with Gasteiger partial charge in [0.15, 0.2) is 0 Å². The van der Waals surface area contributed by atoms with Crippen molar-refractivity contribution in [1.29, 1.82) is 0 Å². The van der Waals surface area contributed by atoms with Crippen LogP contribution in [0.25, 0.3) is 0 Å². The van der Waals surface area contributed by atoms with E-state index >= 15 is 0 Å². The van der Waals surface area contributed by atoms with Gasteiger partial charge in [0, 0.05) is 25.8 Å². The fourth-order valence-electron chi connectivity index (χ4n) is 2.83. The summed E-state index contributed by atoms with van der Waals surface area (Å²) in [4.78, 5) is 0. The van der Waals surface area contributed by atoms with Gasteiger partial charge < -0.3 is 14.8 Å². The molecule has 0 aromatic rings. The summed E-state index contributed by atoms with van der Waals surface area (Å²) in [6.07, 6.45) is 4.07. The van der Waals surface area contributed by atoms with Gasteiger partial charge in [-0.1, -0.05) is 6.92 Å². The summed E-state index contributed by atoms with van der Waals surface area (Å²) in [7, 11) is 0. The van der Waals surface area contributed by atoms with Gasteiger partial charge in [-0.3, -0.25) is 0 Å². The van der Waals surface area contributed by atoms with E-state index in [1.807, 2.05) is 0 Å². The van der Waals surface area contributed by atoms with Gasteiger partial charge in [0.05, 0.1) is 12.7 Å². The zero-order valence-corrected chi connectivity index (χ0v) is 10.6. The highest BCUT2D eigenvalue weighted by Gasteiger charge is 2.28. The average Bonchev–Trinajstić information content (AvgIpc) is 2.96. The molecule has 1 N–H and O–H groups in total. The van der Waals surface area contributed by atoms with Gasteiger partial charge >= 0.3 is 0 Å². The van der Waals surface area contributed by atoms with Gasteiger partial charge in [0.2, 0.25) is 0 Å². The summed E-state index contributed by atoms with van der Waals surface area (Å²) in [5.74, 6) is 1.43. The van der Waals surface area contributed by atoms with Crippen molar-refractivity contribution in [3.8, 4) is 0 Å². The second kappa shape index (κ2) is 5.99. The minimum Gasteiger partial charge on any atom is -0.381 e. The van der Waals surface area contributed by atoms with E-state index in [0.717, 1.165) is 38.7 Å². The number of hydrogen-bond donors (Lipinski definition) is 1. The zero-order chi connectivity index (χ0) is 11.4. The summed E-state index contributed by atoms with van der Waals surface area (Å²) in [5, 5.41) is 3.67. The molecule has 0 aliphatic carbocycles. The van der Waals surface area contributed by atoms with Crippen molar-refractivity contribution in [2.75, 3.05) is 26.4 Å². The molecule has 0 amide bonds. The quantitative estimate of drug-likeness (QED) is 0.777. The van der Waals surface area contributed by atoms with E-state index in [1.54, 1.807) is 0 Å². The van der Waals surface area contributed by atoms with Crippen LogP contribution in [-0.4, -0.2) is 38.5 Å². The van der Waals surface area contributed by atoms with E-state index in [0.29, 0.717) is 18.1 Å². The highest BCUT2D eigenvalue weighted by atomic mass is 16.5. The lowest BCUT2D eigenvalue weighted by atomic mass is 9.96. The fourth-order valence-corrected chi connectivity index (χ4v) is 2.83. The summed E-state index contributed by atoms with van der Waals surface area (Å²) < 4.78 is 11.1. The largest absolute Gasteiger partial charge is 0.381 e. The standard InChI is InChI=1S/C13H25NO2/c1-3-13-11(5-7-16-13)8-14-10(2)12-4-6-15-9-12/h10-14H,3-9H2,1-2H3. The third-order valence-electron chi connectivity index (χ3n) is 4.12. The molecule has 2 heterocycles. The van der Waals surface area contributed by atoms with Crippen LogP contribution in [0.2, 0.25) is 0 Å². The summed E-state index contributed by atoms with van der Waals surface area (Å²) in [5.41, 5.74) is 0. The lowest BCUT2D eigenvalue weighted by Gasteiger charge is -2.23. The van der Waals surface area contributed by atoms with Crippen LogP contribution in [0.4, 0.5) is 0 Å². The van der Waals surface area contributed by atoms with E-state index in [-0.39, 0.29) is 0 Å². The smallest absolute Gasteiger partial charge is 0.0613 e. The van der Waals surface area contributed by atoms with Gasteiger partial charge in [0.1, 0.15) is 0 Å². The van der Waals surface area contributed by atoms with E-state index in [4.69, 9.17) is 9.47 Å². The van der Waals surface area contributed by atoms with Crippen LogP contribution in [0, 0.1) is 11.8 Å². The Morgan fingerprint density at radius 3 is 2.88 bits per heavy atom. The van der Waals surface area contributed by atoms with E-state index in [1.165, 1.54) is 12.8 Å². The maximum Gasteiger partial charge on any atom is 0.0613 e. The first-order valence-electron chi connectivity index (χ1n) is 6.74. The summed E-state index contributed by atoms with van der Waals surface area (Å²) in [6.45, 7) is 8.45. The molecule has 2 fully saturated rings. The fraction of sp³-hybridized carbons (Fsp3) is 1.00. The third-order valence-corrected chi connectivity index (χ3v) is 4.12. The number of rotatable bonds is 5. The second-order valence-electron chi connectivity index (χ2n) is 5.19. The predicted molar refractivity (Wildman–Crippen MR) is 64.5 cm³/mol. The maximum atomic E-state index is 5.71. The minimum atomic E-state index is 0.486. The number of nitrogens with one attached hydrogen (secondary N) is 1. The van der Waals surface area contributed by atoms with Crippen LogP contribution in [0.3, 0.4) is 0 Å². The van der Waals surface area contributed by atoms with Crippen molar-refractivity contribution in [3.05, 3.63) is 0 Å². The molecule has 0 aromatic heterocycles. The predicted octanol–water partition coefficient (Wildman–Crippen LogP) is 1.82. The Labute approximate surface area is 98.9 Å². The van der Waals surface area contributed by atoms with Gasteiger partial charge in [-0.05, 0) is 38.0 Å². The number of hydrogen-bond acceptors (Lipinski definition) is 3. The minimum absolute atomic E-state index is 0.486. The lowest BCUT2D eigenvalue weighted by molar-refractivity contribution is 0.0859. The van der Waals surface area contributed by atoms with Gasteiger partial charge in [0.25, 0.3) is 0 Å². The summed E-state index contributed by atoms with van der Waals surface area (Å²) in [6, 6.07) is 0.584. The molecule has 3 nitrogen and oxygen atoms in total. The molecule has 2 saturated heterocycles. The van der Waals surface area contributed by atoms with Crippen LogP contribution in [0.1, 0.15) is 33.1 Å². The molecule has 4 unspecified atom stereocenters. The highest BCUT2D eigenvalue weighted by molar-refractivity contribution is 4.81. The van der Waals surface area contributed by atoms with E-state index in [9.17, 15) is 0 Å². The van der Waals surface area contributed by atoms with Crippen molar-refractivity contribution >= 4 is 0 Å². The van der Waals surface area contributed by atoms with Crippen LogP contribution in [-0.2, 0) is 9.47 Å². The average molecular weight is 227 g/mol. The molecule has 16 heavy (non-hydrogen) atoms. The van der Waals surface area contributed by atoms with Crippen LogP contribution in [0.5, 0.6) is 0 Å². The molecule has 2 aliphatic heterocycles. The first-order chi connectivity index (χ1) is 7.81. The van der Waals surface area contributed by atoms with Gasteiger partial charge in [-0.2, -0.15) is 0 Å². The third kappa shape index (κ3) is 2.96. The van der Waals surface area contributed by atoms with Gasteiger partial charge in [-0.25, -0.2) is 0 Å². The molecule has 4 atom stereocenters. The zero-order valence-electron chi connectivity index (χ0n) is 10.6. The lowest BCUT2D eigenvalue weighted by Crippen LogP contribution is -2.38. The molecule has 0 radical (unpaired) electrons. The van der Waals surface area contributed by atoms with Crippen molar-refractivity contribution in [3.63, 3.8) is 0 Å². The van der Waals surface area contributed by atoms with E-state index < -0.39 is 0 Å². The Morgan fingerprint density at radius 1 is 1.31 bits per heavy atom. The molecule has 94 valence electrons. The van der Waals surface area contributed by atoms with Crippen LogP contribution >= 0.6 is 0 Å². The monoisotopic (exact) mass is 227 g/mol. The van der Waals surface area contributed by atoms with Gasteiger partial charge in [-0.15, -0.1) is 0 Å². The normalized spacial score (nSPS) is 36.8. The number of ether oxygens (including phenoxy) is 2. The van der Waals surface area contributed by atoms with Crippen molar-refractivity contribution in [1.82, 2.24) is 5.32 Å². The molecule has 0 bridgehead atoms. The van der Waals surface area contributed by atoms with Crippen molar-refractivity contribution < 1.29 is 9.47 Å².